The number of anilines is 1. The molecule has 2 N–H and O–H groups in total. The van der Waals surface area contributed by atoms with Crippen LogP contribution in [0, 0.1) is 6.92 Å². The Bertz CT molecular complexity index is 1140. The van der Waals surface area contributed by atoms with E-state index in [4.69, 9.17) is 5.73 Å². The molecule has 0 atom stereocenters. The molecule has 0 bridgehead atoms. The second-order valence-electron chi connectivity index (χ2n) is 7.10. The monoisotopic (exact) mass is 412 g/mol. The maximum absolute atomic E-state index is 12.9. The number of benzene rings is 1. The van der Waals surface area contributed by atoms with Crippen LogP contribution in [0.3, 0.4) is 0 Å². The molecule has 0 unspecified atom stereocenters. The molecule has 0 aliphatic rings. The Morgan fingerprint density at radius 1 is 1.17 bits per heavy atom. The van der Waals surface area contributed by atoms with Gasteiger partial charge in [-0.05, 0) is 36.5 Å². The first kappa shape index (κ1) is 20.8. The maximum Gasteiger partial charge on any atom is 0.332 e. The molecule has 0 fully saturated rings. The van der Waals surface area contributed by atoms with Crippen molar-refractivity contribution in [2.75, 3.05) is 19.3 Å². The summed E-state index contributed by atoms with van der Waals surface area (Å²) >= 11 is 1.63. The first-order valence-corrected chi connectivity index (χ1v) is 10.1. The SMILES string of the molecule is Cc1ccsc1CN(C)CC(=O)c1c(N)n(Cc2ccccc2)c(=O)n(C)c1=O. The van der Waals surface area contributed by atoms with Crippen LogP contribution in [0.1, 0.15) is 26.4 Å². The van der Waals surface area contributed by atoms with Crippen molar-refractivity contribution in [1.82, 2.24) is 14.0 Å². The standard InChI is InChI=1S/C21H24N4O3S/c1-14-9-10-29-17(14)13-23(2)12-16(26)18-19(22)25(21(28)24(3)20(18)27)11-15-7-5-4-6-8-15/h4-10H,11-13,22H2,1-3H3. The number of rotatable bonds is 7. The number of carbonyl (C=O) groups excluding carboxylic acids is 1. The highest BCUT2D eigenvalue weighted by atomic mass is 32.1. The summed E-state index contributed by atoms with van der Waals surface area (Å²) in [6.07, 6.45) is 0. The van der Waals surface area contributed by atoms with E-state index in [0.717, 1.165) is 15.0 Å². The van der Waals surface area contributed by atoms with Gasteiger partial charge in [-0.3, -0.25) is 23.6 Å². The normalized spacial score (nSPS) is 11.2. The fourth-order valence-corrected chi connectivity index (χ4v) is 4.14. The molecule has 152 valence electrons. The minimum absolute atomic E-state index is 0.0281. The van der Waals surface area contributed by atoms with Crippen LogP contribution in [0.2, 0.25) is 0 Å². The minimum Gasteiger partial charge on any atom is -0.384 e. The largest absolute Gasteiger partial charge is 0.384 e. The lowest BCUT2D eigenvalue weighted by Crippen LogP contribution is -2.44. The summed E-state index contributed by atoms with van der Waals surface area (Å²) in [4.78, 5) is 41.2. The van der Waals surface area contributed by atoms with Crippen LogP contribution < -0.4 is 17.0 Å². The van der Waals surface area contributed by atoms with Gasteiger partial charge in [0.1, 0.15) is 11.4 Å². The predicted molar refractivity (Wildman–Crippen MR) is 116 cm³/mol. The molecule has 7 nitrogen and oxygen atoms in total. The lowest BCUT2D eigenvalue weighted by Gasteiger charge is -2.18. The molecule has 0 aliphatic heterocycles. The predicted octanol–water partition coefficient (Wildman–Crippen LogP) is 1.86. The number of nitrogens with two attached hydrogens (primary N) is 1. The number of ketones is 1. The number of hydrogen-bond donors (Lipinski definition) is 1. The van der Waals surface area contributed by atoms with Crippen LogP contribution >= 0.6 is 11.3 Å². The van der Waals surface area contributed by atoms with Crippen LogP contribution in [0.5, 0.6) is 0 Å². The lowest BCUT2D eigenvalue weighted by molar-refractivity contribution is 0.0941. The summed E-state index contributed by atoms with van der Waals surface area (Å²) < 4.78 is 2.21. The average Bonchev–Trinajstić information content (AvgIpc) is 3.09. The van der Waals surface area contributed by atoms with Gasteiger partial charge in [0, 0.05) is 18.5 Å². The number of nitrogen functional groups attached to an aromatic ring is 1. The number of aryl methyl sites for hydroxylation is 1. The van der Waals surface area contributed by atoms with E-state index in [1.54, 1.807) is 11.3 Å². The van der Waals surface area contributed by atoms with Gasteiger partial charge in [0.2, 0.25) is 0 Å². The zero-order chi connectivity index (χ0) is 21.1. The molecule has 0 saturated heterocycles. The molecule has 0 aliphatic carbocycles. The lowest BCUT2D eigenvalue weighted by atomic mass is 10.1. The second-order valence-corrected chi connectivity index (χ2v) is 8.10. The van der Waals surface area contributed by atoms with Crippen LogP contribution in [0.15, 0.2) is 51.4 Å². The van der Waals surface area contributed by atoms with E-state index in [9.17, 15) is 14.4 Å². The molecule has 0 radical (unpaired) electrons. The van der Waals surface area contributed by atoms with Crippen LogP contribution in [-0.2, 0) is 20.1 Å². The van der Waals surface area contributed by atoms with Gasteiger partial charge in [-0.2, -0.15) is 0 Å². The Morgan fingerprint density at radius 3 is 2.48 bits per heavy atom. The summed E-state index contributed by atoms with van der Waals surface area (Å²) in [7, 11) is 3.18. The highest BCUT2D eigenvalue weighted by Gasteiger charge is 2.22. The number of aromatic nitrogens is 2. The van der Waals surface area contributed by atoms with E-state index in [-0.39, 0.29) is 24.5 Å². The van der Waals surface area contributed by atoms with Crippen molar-refractivity contribution < 1.29 is 4.79 Å². The van der Waals surface area contributed by atoms with Crippen molar-refractivity contribution in [3.8, 4) is 0 Å². The zero-order valence-electron chi connectivity index (χ0n) is 16.7. The average molecular weight is 413 g/mol. The molecular formula is C21H24N4O3S. The van der Waals surface area contributed by atoms with Crippen LogP contribution in [-0.4, -0.2) is 33.4 Å². The molecule has 8 heteroatoms. The quantitative estimate of drug-likeness (QED) is 0.598. The second kappa shape index (κ2) is 8.59. The van der Waals surface area contributed by atoms with Gasteiger partial charge < -0.3 is 5.73 Å². The number of nitrogens with zero attached hydrogens (tertiary/aromatic N) is 3. The minimum atomic E-state index is -0.664. The van der Waals surface area contributed by atoms with E-state index in [1.165, 1.54) is 17.2 Å². The molecule has 2 heterocycles. The van der Waals surface area contributed by atoms with Crippen LogP contribution in [0.25, 0.3) is 0 Å². The van der Waals surface area contributed by atoms with Crippen molar-refractivity contribution in [2.45, 2.75) is 20.0 Å². The van der Waals surface area contributed by atoms with Gasteiger partial charge in [-0.15, -0.1) is 11.3 Å². The van der Waals surface area contributed by atoms with Crippen molar-refractivity contribution >= 4 is 22.9 Å². The van der Waals surface area contributed by atoms with Crippen molar-refractivity contribution in [2.24, 2.45) is 7.05 Å². The molecule has 29 heavy (non-hydrogen) atoms. The number of Topliss-reactive ketones (excluding diaryl/α,β-unsaturated/α-hetero) is 1. The number of hydrogen-bond acceptors (Lipinski definition) is 6. The first-order valence-electron chi connectivity index (χ1n) is 9.17. The third-order valence-corrected chi connectivity index (χ3v) is 5.85. The molecule has 1 aromatic carbocycles. The van der Waals surface area contributed by atoms with Crippen molar-refractivity contribution in [3.63, 3.8) is 0 Å². The molecule has 2 aromatic heterocycles. The van der Waals surface area contributed by atoms with Crippen molar-refractivity contribution in [3.05, 3.63) is 84.2 Å². The summed E-state index contributed by atoms with van der Waals surface area (Å²) in [6, 6.07) is 11.3. The van der Waals surface area contributed by atoms with E-state index in [0.29, 0.717) is 6.54 Å². The zero-order valence-corrected chi connectivity index (χ0v) is 17.5. The number of thiophene rings is 1. The van der Waals surface area contributed by atoms with E-state index in [1.807, 2.05) is 60.6 Å². The smallest absolute Gasteiger partial charge is 0.332 e. The number of likely N-dealkylation sites (N-methyl/N-ethyl adjacent to an activating group) is 1. The fraction of sp³-hybridized carbons (Fsp3) is 0.286. The van der Waals surface area contributed by atoms with Gasteiger partial charge in [0.25, 0.3) is 5.56 Å². The van der Waals surface area contributed by atoms with Crippen LogP contribution in [0.4, 0.5) is 5.82 Å². The van der Waals surface area contributed by atoms with Gasteiger partial charge in [0.15, 0.2) is 5.78 Å². The molecule has 0 amide bonds. The highest BCUT2D eigenvalue weighted by molar-refractivity contribution is 7.10. The van der Waals surface area contributed by atoms with Crippen molar-refractivity contribution in [1.29, 1.82) is 0 Å². The third kappa shape index (κ3) is 4.38. The molecule has 0 spiro atoms. The Labute approximate surface area is 172 Å². The topological polar surface area (TPSA) is 90.3 Å². The molecule has 3 aromatic rings. The molecular weight excluding hydrogens is 388 g/mol. The maximum atomic E-state index is 12.9. The Hall–Kier alpha value is -2.97. The summed E-state index contributed by atoms with van der Waals surface area (Å²) in [5.74, 6) is -0.491. The first-order chi connectivity index (χ1) is 13.8. The third-order valence-electron chi connectivity index (χ3n) is 4.84. The van der Waals surface area contributed by atoms with E-state index in [2.05, 4.69) is 0 Å². The Kier molecular flexibility index (Phi) is 6.14. The summed E-state index contributed by atoms with van der Waals surface area (Å²) in [5.41, 5.74) is 6.82. The summed E-state index contributed by atoms with van der Waals surface area (Å²) in [5, 5.41) is 2.01. The van der Waals surface area contributed by atoms with Gasteiger partial charge in [-0.1, -0.05) is 30.3 Å². The Balaban J connectivity index is 1.91. The fourth-order valence-electron chi connectivity index (χ4n) is 3.16. The van der Waals surface area contributed by atoms with Gasteiger partial charge in [-0.25, -0.2) is 4.79 Å². The Morgan fingerprint density at radius 2 is 1.86 bits per heavy atom. The highest BCUT2D eigenvalue weighted by Crippen LogP contribution is 2.17. The van der Waals surface area contributed by atoms with Gasteiger partial charge in [0.05, 0.1) is 13.1 Å². The van der Waals surface area contributed by atoms with E-state index < -0.39 is 17.0 Å². The molecule has 0 saturated carbocycles. The summed E-state index contributed by atoms with van der Waals surface area (Å²) in [6.45, 7) is 2.83. The number of carbonyl (C=O) groups is 1. The molecule has 3 rings (SSSR count). The van der Waals surface area contributed by atoms with E-state index >= 15 is 0 Å². The van der Waals surface area contributed by atoms with Gasteiger partial charge >= 0.3 is 5.69 Å².